The van der Waals surface area contributed by atoms with Crippen LogP contribution in [0.3, 0.4) is 0 Å². The van der Waals surface area contributed by atoms with Crippen LogP contribution >= 0.6 is 0 Å². The van der Waals surface area contributed by atoms with E-state index in [1.165, 1.54) is 19.3 Å². The Bertz CT molecular complexity index is 86.9. The van der Waals surface area contributed by atoms with Crippen molar-refractivity contribution in [1.29, 1.82) is 0 Å². The summed E-state index contributed by atoms with van der Waals surface area (Å²) in [7, 11) is 0. The van der Waals surface area contributed by atoms with Crippen LogP contribution in [0.4, 0.5) is 0 Å². The molecule has 0 aromatic carbocycles. The molecule has 0 aromatic rings. The predicted octanol–water partition coefficient (Wildman–Crippen LogP) is 3.16. The lowest BCUT2D eigenvalue weighted by Crippen LogP contribution is -1.93. The Morgan fingerprint density at radius 1 is 1.09 bits per heavy atom. The minimum absolute atomic E-state index is 0.789. The maximum atomic E-state index is 5.35. The molecule has 1 heteroatoms. The average molecular weight is 156 g/mol. The van der Waals surface area contributed by atoms with E-state index in [4.69, 9.17) is 4.74 Å². The fraction of sp³-hybridized carbons (Fsp3) is 0.800. The fourth-order valence-corrected chi connectivity index (χ4v) is 0.840. The smallest absolute Gasteiger partial charge is 0.0647 e. The van der Waals surface area contributed by atoms with Crippen LogP contribution in [0.25, 0.3) is 0 Å². The second-order valence-corrected chi connectivity index (χ2v) is 2.66. The average Bonchev–Trinajstić information content (AvgIpc) is 2.03. The van der Waals surface area contributed by atoms with E-state index in [9.17, 15) is 0 Å². The Labute approximate surface area is 70.4 Å². The maximum absolute atomic E-state index is 5.35. The van der Waals surface area contributed by atoms with E-state index in [-0.39, 0.29) is 0 Å². The predicted molar refractivity (Wildman–Crippen MR) is 49.8 cm³/mol. The topological polar surface area (TPSA) is 9.23 Å². The number of hydrogen-bond acceptors (Lipinski definition) is 1. The van der Waals surface area contributed by atoms with Crippen LogP contribution in [0.5, 0.6) is 0 Å². The SMILES string of the molecule is CC/C=C\COCCCCC. The molecule has 0 unspecified atom stereocenters. The quantitative estimate of drug-likeness (QED) is 0.406. The van der Waals surface area contributed by atoms with Crippen molar-refractivity contribution in [2.75, 3.05) is 13.2 Å². The lowest BCUT2D eigenvalue weighted by molar-refractivity contribution is 0.157. The first-order valence-electron chi connectivity index (χ1n) is 4.64. The number of unbranched alkanes of at least 4 members (excludes halogenated alkanes) is 2. The third-order valence-corrected chi connectivity index (χ3v) is 1.51. The molecule has 0 N–H and O–H groups in total. The van der Waals surface area contributed by atoms with Gasteiger partial charge in [0.2, 0.25) is 0 Å². The minimum Gasteiger partial charge on any atom is -0.377 e. The number of ether oxygens (including phenoxy) is 1. The summed E-state index contributed by atoms with van der Waals surface area (Å²) in [6.07, 6.45) is 9.10. The molecule has 0 aliphatic heterocycles. The zero-order chi connectivity index (χ0) is 8.36. The second-order valence-electron chi connectivity index (χ2n) is 2.66. The van der Waals surface area contributed by atoms with Gasteiger partial charge in [-0.15, -0.1) is 0 Å². The molecule has 1 nitrogen and oxygen atoms in total. The normalized spacial score (nSPS) is 11.1. The van der Waals surface area contributed by atoms with E-state index in [1.807, 2.05) is 0 Å². The molecular weight excluding hydrogens is 136 g/mol. The Kier molecular flexibility index (Phi) is 9.44. The summed E-state index contributed by atoms with van der Waals surface area (Å²) in [6.45, 7) is 6.05. The van der Waals surface area contributed by atoms with E-state index in [2.05, 4.69) is 26.0 Å². The third kappa shape index (κ3) is 9.70. The Morgan fingerprint density at radius 3 is 2.55 bits per heavy atom. The van der Waals surface area contributed by atoms with Crippen molar-refractivity contribution in [3.63, 3.8) is 0 Å². The van der Waals surface area contributed by atoms with Crippen LogP contribution in [0.1, 0.15) is 39.5 Å². The van der Waals surface area contributed by atoms with Crippen molar-refractivity contribution in [3.05, 3.63) is 12.2 Å². The van der Waals surface area contributed by atoms with Gasteiger partial charge in [-0.25, -0.2) is 0 Å². The van der Waals surface area contributed by atoms with Crippen molar-refractivity contribution in [2.24, 2.45) is 0 Å². The first kappa shape index (κ1) is 10.7. The molecule has 0 rings (SSSR count). The van der Waals surface area contributed by atoms with Gasteiger partial charge in [0.05, 0.1) is 6.61 Å². The van der Waals surface area contributed by atoms with E-state index in [0.717, 1.165) is 19.6 Å². The highest BCUT2D eigenvalue weighted by atomic mass is 16.5. The van der Waals surface area contributed by atoms with Gasteiger partial charge >= 0.3 is 0 Å². The van der Waals surface area contributed by atoms with Gasteiger partial charge in [0, 0.05) is 6.61 Å². The zero-order valence-electron chi connectivity index (χ0n) is 7.81. The molecule has 0 radical (unpaired) electrons. The van der Waals surface area contributed by atoms with Crippen LogP contribution < -0.4 is 0 Å². The molecule has 11 heavy (non-hydrogen) atoms. The number of allylic oxidation sites excluding steroid dienone is 1. The summed E-state index contributed by atoms with van der Waals surface area (Å²) >= 11 is 0. The van der Waals surface area contributed by atoms with E-state index >= 15 is 0 Å². The van der Waals surface area contributed by atoms with Crippen molar-refractivity contribution >= 4 is 0 Å². The summed E-state index contributed by atoms with van der Waals surface area (Å²) in [4.78, 5) is 0. The molecule has 66 valence electrons. The Hall–Kier alpha value is -0.300. The number of hydrogen-bond donors (Lipinski definition) is 0. The first-order chi connectivity index (χ1) is 5.41. The lowest BCUT2D eigenvalue weighted by atomic mass is 10.3. The molecule has 0 amide bonds. The Balaban J connectivity index is 2.85. The van der Waals surface area contributed by atoms with Crippen LogP contribution in [0.2, 0.25) is 0 Å². The van der Waals surface area contributed by atoms with Crippen LogP contribution in [-0.2, 0) is 4.74 Å². The molecule has 0 saturated carbocycles. The Morgan fingerprint density at radius 2 is 1.91 bits per heavy atom. The molecule has 0 heterocycles. The lowest BCUT2D eigenvalue weighted by Gasteiger charge is -1.98. The van der Waals surface area contributed by atoms with Crippen molar-refractivity contribution < 1.29 is 4.74 Å². The van der Waals surface area contributed by atoms with E-state index in [1.54, 1.807) is 0 Å². The number of rotatable bonds is 7. The molecule has 0 fully saturated rings. The highest BCUT2D eigenvalue weighted by molar-refractivity contribution is 4.79. The van der Waals surface area contributed by atoms with Gasteiger partial charge in [-0.3, -0.25) is 0 Å². The second kappa shape index (κ2) is 9.70. The molecule has 0 aromatic heterocycles. The summed E-state index contributed by atoms with van der Waals surface area (Å²) in [5.41, 5.74) is 0. The van der Waals surface area contributed by atoms with Gasteiger partial charge in [-0.2, -0.15) is 0 Å². The summed E-state index contributed by atoms with van der Waals surface area (Å²) < 4.78 is 5.35. The zero-order valence-corrected chi connectivity index (χ0v) is 7.81. The molecule has 0 atom stereocenters. The summed E-state index contributed by atoms with van der Waals surface area (Å²) in [6, 6.07) is 0. The molecule has 0 bridgehead atoms. The fourth-order valence-electron chi connectivity index (χ4n) is 0.840. The van der Waals surface area contributed by atoms with Gasteiger partial charge in [-0.05, 0) is 12.8 Å². The van der Waals surface area contributed by atoms with Gasteiger partial charge in [-0.1, -0.05) is 38.8 Å². The molecule has 0 aliphatic rings. The third-order valence-electron chi connectivity index (χ3n) is 1.51. The standard InChI is InChI=1S/C10H20O/c1-3-5-7-9-11-10-8-6-4-2/h5,7H,3-4,6,8-10H2,1-2H3/b7-5-. The highest BCUT2D eigenvalue weighted by Crippen LogP contribution is 1.93. The van der Waals surface area contributed by atoms with Crippen LogP contribution in [-0.4, -0.2) is 13.2 Å². The van der Waals surface area contributed by atoms with E-state index < -0.39 is 0 Å². The monoisotopic (exact) mass is 156 g/mol. The van der Waals surface area contributed by atoms with Crippen molar-refractivity contribution in [3.8, 4) is 0 Å². The first-order valence-corrected chi connectivity index (χ1v) is 4.64. The van der Waals surface area contributed by atoms with Crippen molar-refractivity contribution in [2.45, 2.75) is 39.5 Å². The maximum Gasteiger partial charge on any atom is 0.0647 e. The van der Waals surface area contributed by atoms with Crippen LogP contribution in [0.15, 0.2) is 12.2 Å². The molecular formula is C10H20O. The molecule has 0 spiro atoms. The van der Waals surface area contributed by atoms with Gasteiger partial charge < -0.3 is 4.74 Å². The highest BCUT2D eigenvalue weighted by Gasteiger charge is 1.84. The van der Waals surface area contributed by atoms with Crippen molar-refractivity contribution in [1.82, 2.24) is 0 Å². The van der Waals surface area contributed by atoms with Gasteiger partial charge in [0.1, 0.15) is 0 Å². The van der Waals surface area contributed by atoms with Crippen LogP contribution in [0, 0.1) is 0 Å². The largest absolute Gasteiger partial charge is 0.377 e. The van der Waals surface area contributed by atoms with Gasteiger partial charge in [0.25, 0.3) is 0 Å². The molecule has 0 aliphatic carbocycles. The summed E-state index contributed by atoms with van der Waals surface area (Å²) in [5, 5.41) is 0. The summed E-state index contributed by atoms with van der Waals surface area (Å²) in [5.74, 6) is 0. The van der Waals surface area contributed by atoms with E-state index in [0.29, 0.717) is 0 Å². The molecule has 0 saturated heterocycles. The van der Waals surface area contributed by atoms with Gasteiger partial charge in [0.15, 0.2) is 0 Å². The minimum atomic E-state index is 0.789.